The Hall–Kier alpha value is -2.90. The van der Waals surface area contributed by atoms with Crippen LogP contribution in [0.15, 0.2) is 54.6 Å². The summed E-state index contributed by atoms with van der Waals surface area (Å²) in [5, 5.41) is 11.7. The monoisotopic (exact) mass is 400 g/mol. The van der Waals surface area contributed by atoms with Crippen LogP contribution in [-0.2, 0) is 4.79 Å². The fourth-order valence-electron chi connectivity index (χ4n) is 2.36. The molecule has 2 aromatic rings. The molecule has 0 aliphatic rings. The van der Waals surface area contributed by atoms with Crippen LogP contribution in [0, 0.1) is 0 Å². The Morgan fingerprint density at radius 3 is 2.36 bits per heavy atom. The van der Waals surface area contributed by atoms with Crippen molar-refractivity contribution < 1.29 is 19.5 Å². The zero-order valence-corrected chi connectivity index (χ0v) is 16.7. The molecule has 0 aliphatic carbocycles. The third-order valence-corrected chi connectivity index (χ3v) is 4.38. The molecule has 148 valence electrons. The maximum Gasteiger partial charge on any atom is 0.244 e. The average Bonchev–Trinajstić information content (AvgIpc) is 2.75. The summed E-state index contributed by atoms with van der Waals surface area (Å²) in [5.74, 6) is 1.25. The lowest BCUT2D eigenvalue weighted by Crippen LogP contribution is -2.37. The van der Waals surface area contributed by atoms with Crippen LogP contribution in [0.1, 0.15) is 24.5 Å². The van der Waals surface area contributed by atoms with E-state index in [1.807, 2.05) is 36.7 Å². The van der Waals surface area contributed by atoms with Gasteiger partial charge in [0.05, 0.1) is 13.2 Å². The molecule has 2 rings (SSSR count). The van der Waals surface area contributed by atoms with Crippen molar-refractivity contribution in [3.8, 4) is 11.5 Å². The minimum Gasteiger partial charge on any atom is -0.497 e. The molecule has 6 nitrogen and oxygen atoms in total. The second-order valence-electron chi connectivity index (χ2n) is 6.00. The molecule has 28 heavy (non-hydrogen) atoms. The fourth-order valence-corrected chi connectivity index (χ4v) is 2.50. The van der Waals surface area contributed by atoms with Gasteiger partial charge < -0.3 is 14.8 Å². The first-order valence-corrected chi connectivity index (χ1v) is 9.26. The number of benzene rings is 2. The van der Waals surface area contributed by atoms with Crippen molar-refractivity contribution in [1.29, 1.82) is 0 Å². The predicted octanol–water partition coefficient (Wildman–Crippen LogP) is 3.34. The molecule has 1 atom stereocenters. The molecular weight excluding hydrogens is 376 g/mol. The van der Waals surface area contributed by atoms with Crippen LogP contribution >= 0.6 is 12.2 Å². The summed E-state index contributed by atoms with van der Waals surface area (Å²) in [4.78, 5) is 12.4. The van der Waals surface area contributed by atoms with Crippen molar-refractivity contribution in [1.82, 2.24) is 10.8 Å². The summed E-state index contributed by atoms with van der Waals surface area (Å²) >= 11 is 4.95. The molecule has 0 aliphatic heterocycles. The molecule has 1 amide bonds. The first-order chi connectivity index (χ1) is 13.5. The number of ether oxygens (including phenoxy) is 2. The second-order valence-corrected chi connectivity index (χ2v) is 6.40. The zero-order chi connectivity index (χ0) is 20.4. The van der Waals surface area contributed by atoms with Gasteiger partial charge in [0, 0.05) is 11.6 Å². The van der Waals surface area contributed by atoms with Crippen molar-refractivity contribution in [2.24, 2.45) is 0 Å². The van der Waals surface area contributed by atoms with Gasteiger partial charge in [0.2, 0.25) is 5.91 Å². The van der Waals surface area contributed by atoms with Crippen LogP contribution < -0.4 is 20.3 Å². The van der Waals surface area contributed by atoms with Crippen LogP contribution in [0.2, 0.25) is 0 Å². The van der Waals surface area contributed by atoms with Gasteiger partial charge in [0.15, 0.2) is 0 Å². The minimum absolute atomic E-state index is 0.118. The second kappa shape index (κ2) is 11.1. The molecule has 0 spiro atoms. The van der Waals surface area contributed by atoms with Crippen LogP contribution in [-0.4, -0.2) is 35.9 Å². The first-order valence-electron chi connectivity index (χ1n) is 8.85. The van der Waals surface area contributed by atoms with Crippen molar-refractivity contribution in [2.45, 2.75) is 19.4 Å². The molecule has 0 unspecified atom stereocenters. The SMILES string of the molecule is CC[C@@H](COc1ccc(C(=S)NO)cc1)NC(=O)C=Cc1ccc(OC)cc1. The van der Waals surface area contributed by atoms with Crippen LogP contribution in [0.4, 0.5) is 0 Å². The summed E-state index contributed by atoms with van der Waals surface area (Å²) in [6, 6.07) is 14.3. The Morgan fingerprint density at radius 1 is 1.14 bits per heavy atom. The molecule has 0 radical (unpaired) electrons. The van der Waals surface area contributed by atoms with E-state index in [2.05, 4.69) is 5.32 Å². The van der Waals surface area contributed by atoms with Gasteiger partial charge in [-0.2, -0.15) is 0 Å². The molecule has 3 N–H and O–H groups in total. The molecule has 2 aromatic carbocycles. The van der Waals surface area contributed by atoms with Crippen molar-refractivity contribution >= 4 is 29.2 Å². The third-order valence-electron chi connectivity index (χ3n) is 4.05. The summed E-state index contributed by atoms with van der Waals surface area (Å²) in [5.41, 5.74) is 3.54. The summed E-state index contributed by atoms with van der Waals surface area (Å²) < 4.78 is 10.8. The van der Waals surface area contributed by atoms with Crippen molar-refractivity contribution in [3.63, 3.8) is 0 Å². The number of amides is 1. The minimum atomic E-state index is -0.180. The highest BCUT2D eigenvalue weighted by Gasteiger charge is 2.10. The number of hydroxylamine groups is 1. The van der Waals surface area contributed by atoms with E-state index in [4.69, 9.17) is 26.9 Å². The lowest BCUT2D eigenvalue weighted by atomic mass is 10.2. The highest BCUT2D eigenvalue weighted by Crippen LogP contribution is 2.14. The van der Waals surface area contributed by atoms with Crippen molar-refractivity contribution in [2.75, 3.05) is 13.7 Å². The summed E-state index contributed by atoms with van der Waals surface area (Å²) in [6.07, 6.45) is 3.99. The standard InChI is InChI=1S/C21H24N2O4S/c1-3-17(14-27-19-11-7-16(8-12-19)21(28)23-25)22-20(24)13-6-15-4-9-18(26-2)10-5-15/h4-13,17,25H,3,14H2,1-2H3,(H,22,24)(H,23,28)/t17-/m0/s1. The van der Waals surface area contributed by atoms with Crippen LogP contribution in [0.3, 0.4) is 0 Å². The highest BCUT2D eigenvalue weighted by atomic mass is 32.1. The van der Waals surface area contributed by atoms with E-state index in [0.29, 0.717) is 17.9 Å². The summed E-state index contributed by atoms with van der Waals surface area (Å²) in [7, 11) is 1.61. The zero-order valence-electron chi connectivity index (χ0n) is 15.8. The topological polar surface area (TPSA) is 79.8 Å². The lowest BCUT2D eigenvalue weighted by molar-refractivity contribution is -0.117. The highest BCUT2D eigenvalue weighted by molar-refractivity contribution is 7.80. The van der Waals surface area contributed by atoms with E-state index in [1.54, 1.807) is 37.5 Å². The van der Waals surface area contributed by atoms with E-state index < -0.39 is 0 Å². The van der Waals surface area contributed by atoms with Gasteiger partial charge in [-0.3, -0.25) is 15.5 Å². The number of hydrogen-bond donors (Lipinski definition) is 3. The smallest absolute Gasteiger partial charge is 0.244 e. The molecule has 0 saturated carbocycles. The number of carbonyl (C=O) groups is 1. The molecule has 0 fully saturated rings. The number of methoxy groups -OCH3 is 1. The summed E-state index contributed by atoms with van der Waals surface area (Å²) in [6.45, 7) is 2.33. The Balaban J connectivity index is 1.84. The van der Waals surface area contributed by atoms with Crippen LogP contribution in [0.5, 0.6) is 11.5 Å². The first kappa shape index (κ1) is 21.4. The molecule has 7 heteroatoms. The van der Waals surface area contributed by atoms with Gasteiger partial charge in [-0.15, -0.1) is 0 Å². The van der Waals surface area contributed by atoms with Crippen molar-refractivity contribution in [3.05, 3.63) is 65.7 Å². The van der Waals surface area contributed by atoms with Gasteiger partial charge in [0.1, 0.15) is 23.1 Å². The molecule has 0 saturated heterocycles. The lowest BCUT2D eigenvalue weighted by Gasteiger charge is -2.17. The Bertz CT molecular complexity index is 804. The van der Waals surface area contributed by atoms with E-state index >= 15 is 0 Å². The quantitative estimate of drug-likeness (QED) is 0.340. The number of thiocarbonyl (C=S) groups is 1. The Labute approximate surface area is 170 Å². The maximum atomic E-state index is 12.1. The third kappa shape index (κ3) is 6.68. The normalized spacial score (nSPS) is 11.7. The van der Waals surface area contributed by atoms with E-state index in [9.17, 15) is 4.79 Å². The number of rotatable bonds is 9. The number of nitrogens with one attached hydrogen (secondary N) is 2. The number of carbonyl (C=O) groups excluding carboxylic acids is 1. The van der Waals surface area contributed by atoms with E-state index in [1.165, 1.54) is 6.08 Å². The molecule has 0 aromatic heterocycles. The van der Waals surface area contributed by atoms with Crippen LogP contribution in [0.25, 0.3) is 6.08 Å². The molecular formula is C21H24N2O4S. The average molecular weight is 401 g/mol. The number of hydrogen-bond acceptors (Lipinski definition) is 5. The van der Waals surface area contributed by atoms with Gasteiger partial charge in [-0.1, -0.05) is 31.3 Å². The Kier molecular flexibility index (Phi) is 8.45. The van der Waals surface area contributed by atoms with E-state index in [-0.39, 0.29) is 16.9 Å². The van der Waals surface area contributed by atoms with Gasteiger partial charge in [-0.05, 0) is 54.5 Å². The van der Waals surface area contributed by atoms with Gasteiger partial charge in [-0.25, -0.2) is 0 Å². The van der Waals surface area contributed by atoms with E-state index in [0.717, 1.165) is 17.7 Å². The Morgan fingerprint density at radius 2 is 1.79 bits per heavy atom. The van der Waals surface area contributed by atoms with Gasteiger partial charge in [0.25, 0.3) is 0 Å². The largest absolute Gasteiger partial charge is 0.497 e. The molecule has 0 heterocycles. The van der Waals surface area contributed by atoms with Gasteiger partial charge >= 0.3 is 0 Å². The fraction of sp³-hybridized carbons (Fsp3) is 0.238. The molecule has 0 bridgehead atoms. The maximum absolute atomic E-state index is 12.1. The predicted molar refractivity (Wildman–Crippen MR) is 113 cm³/mol.